The van der Waals surface area contributed by atoms with Gasteiger partial charge in [0.05, 0.1) is 24.7 Å². The lowest BCUT2D eigenvalue weighted by atomic mass is 10.1. The second kappa shape index (κ2) is 6.00. The maximum absolute atomic E-state index is 5.37. The van der Waals surface area contributed by atoms with Crippen molar-refractivity contribution in [2.75, 3.05) is 12.4 Å². The molecule has 0 saturated heterocycles. The summed E-state index contributed by atoms with van der Waals surface area (Å²) in [7, 11) is 1.65. The molecule has 3 rings (SSSR count). The molecule has 0 spiro atoms. The molecule has 5 nitrogen and oxygen atoms in total. The predicted molar refractivity (Wildman–Crippen MR) is 81.5 cm³/mol. The molecule has 1 N–H and O–H groups in total. The van der Waals surface area contributed by atoms with Gasteiger partial charge in [0.2, 0.25) is 0 Å². The molecule has 0 amide bonds. The number of para-hydroxylation sites is 1. The smallest absolute Gasteiger partial charge is 0.134 e. The van der Waals surface area contributed by atoms with E-state index in [0.717, 1.165) is 22.7 Å². The van der Waals surface area contributed by atoms with Crippen LogP contribution in [0.4, 0.5) is 11.5 Å². The van der Waals surface area contributed by atoms with Crippen LogP contribution in [0, 0.1) is 0 Å². The van der Waals surface area contributed by atoms with E-state index in [0.29, 0.717) is 5.82 Å². The van der Waals surface area contributed by atoms with Gasteiger partial charge in [0.25, 0.3) is 0 Å². The van der Waals surface area contributed by atoms with Gasteiger partial charge >= 0.3 is 0 Å². The van der Waals surface area contributed by atoms with E-state index >= 15 is 0 Å². The van der Waals surface area contributed by atoms with Gasteiger partial charge in [-0.1, -0.05) is 12.1 Å². The summed E-state index contributed by atoms with van der Waals surface area (Å²) in [5.74, 6) is 1.49. The van der Waals surface area contributed by atoms with E-state index in [2.05, 4.69) is 20.3 Å². The molecule has 0 atom stereocenters. The molecule has 0 fully saturated rings. The number of hydrogen-bond donors (Lipinski definition) is 1. The Labute approximate surface area is 122 Å². The van der Waals surface area contributed by atoms with E-state index in [1.54, 1.807) is 19.5 Å². The summed E-state index contributed by atoms with van der Waals surface area (Å²) in [6.45, 7) is 0. The van der Waals surface area contributed by atoms with Gasteiger partial charge in [-0.2, -0.15) is 0 Å². The van der Waals surface area contributed by atoms with E-state index in [-0.39, 0.29) is 0 Å². The normalized spacial score (nSPS) is 10.1. The first-order valence-electron chi connectivity index (χ1n) is 6.49. The molecule has 0 aliphatic carbocycles. The number of aromatic nitrogens is 3. The molecule has 104 valence electrons. The summed E-state index contributed by atoms with van der Waals surface area (Å²) >= 11 is 0. The Hall–Kier alpha value is -2.95. The SMILES string of the molecule is COc1ccccc1-c1cc(Nc2cccnc2)ncn1. The molecule has 0 bridgehead atoms. The lowest BCUT2D eigenvalue weighted by Crippen LogP contribution is -1.96. The molecule has 21 heavy (non-hydrogen) atoms. The van der Waals surface area contributed by atoms with Crippen LogP contribution in [0.2, 0.25) is 0 Å². The highest BCUT2D eigenvalue weighted by Crippen LogP contribution is 2.29. The fraction of sp³-hybridized carbons (Fsp3) is 0.0625. The zero-order valence-corrected chi connectivity index (χ0v) is 11.5. The molecule has 0 aliphatic rings. The summed E-state index contributed by atoms with van der Waals surface area (Å²) in [6, 6.07) is 13.4. The number of rotatable bonds is 4. The summed E-state index contributed by atoms with van der Waals surface area (Å²) in [4.78, 5) is 12.6. The van der Waals surface area contributed by atoms with Gasteiger partial charge in [0.1, 0.15) is 17.9 Å². The van der Waals surface area contributed by atoms with Crippen LogP contribution in [0.25, 0.3) is 11.3 Å². The Balaban J connectivity index is 1.93. The number of ether oxygens (including phenoxy) is 1. The van der Waals surface area contributed by atoms with Crippen molar-refractivity contribution < 1.29 is 4.74 Å². The highest BCUT2D eigenvalue weighted by Gasteiger charge is 2.07. The minimum Gasteiger partial charge on any atom is -0.496 e. The van der Waals surface area contributed by atoms with E-state index < -0.39 is 0 Å². The van der Waals surface area contributed by atoms with Crippen molar-refractivity contribution in [1.29, 1.82) is 0 Å². The number of nitrogens with one attached hydrogen (secondary N) is 1. The summed E-state index contributed by atoms with van der Waals surface area (Å²) in [5, 5.41) is 3.20. The highest BCUT2D eigenvalue weighted by atomic mass is 16.5. The number of pyridine rings is 1. The first-order valence-corrected chi connectivity index (χ1v) is 6.49. The van der Waals surface area contributed by atoms with Gasteiger partial charge in [0, 0.05) is 17.8 Å². The van der Waals surface area contributed by atoms with Crippen LogP contribution in [0.3, 0.4) is 0 Å². The molecular formula is C16H14N4O. The third kappa shape index (κ3) is 2.97. The van der Waals surface area contributed by atoms with Crippen molar-refractivity contribution in [3.63, 3.8) is 0 Å². The van der Waals surface area contributed by atoms with E-state index in [9.17, 15) is 0 Å². The molecule has 5 heteroatoms. The quantitative estimate of drug-likeness (QED) is 0.793. The molecule has 0 unspecified atom stereocenters. The molecule has 1 aromatic carbocycles. The van der Waals surface area contributed by atoms with Gasteiger partial charge in [-0.15, -0.1) is 0 Å². The van der Waals surface area contributed by atoms with Gasteiger partial charge in [-0.25, -0.2) is 9.97 Å². The fourth-order valence-electron chi connectivity index (χ4n) is 2.01. The predicted octanol–water partition coefficient (Wildman–Crippen LogP) is 3.29. The Kier molecular flexibility index (Phi) is 3.73. The third-order valence-corrected chi connectivity index (χ3v) is 2.98. The largest absolute Gasteiger partial charge is 0.496 e. The number of methoxy groups -OCH3 is 1. The topological polar surface area (TPSA) is 59.9 Å². The van der Waals surface area contributed by atoms with Crippen molar-refractivity contribution in [3.05, 3.63) is 61.2 Å². The molecule has 2 heterocycles. The lowest BCUT2D eigenvalue weighted by molar-refractivity contribution is 0.416. The first kappa shape index (κ1) is 13.1. The van der Waals surface area contributed by atoms with Gasteiger partial charge < -0.3 is 10.1 Å². The number of hydrogen-bond acceptors (Lipinski definition) is 5. The van der Waals surface area contributed by atoms with Crippen LogP contribution in [0.1, 0.15) is 0 Å². The Bertz CT molecular complexity index is 731. The summed E-state index contributed by atoms with van der Waals surface area (Å²) in [5.41, 5.74) is 2.60. The van der Waals surface area contributed by atoms with Crippen molar-refractivity contribution in [1.82, 2.24) is 15.0 Å². The van der Waals surface area contributed by atoms with Gasteiger partial charge in [0.15, 0.2) is 0 Å². The first-order chi connectivity index (χ1) is 10.4. The monoisotopic (exact) mass is 278 g/mol. The van der Waals surface area contributed by atoms with Crippen molar-refractivity contribution in [2.24, 2.45) is 0 Å². The van der Waals surface area contributed by atoms with Crippen LogP contribution < -0.4 is 10.1 Å². The van der Waals surface area contributed by atoms with Crippen molar-refractivity contribution in [2.45, 2.75) is 0 Å². The van der Waals surface area contributed by atoms with Crippen molar-refractivity contribution >= 4 is 11.5 Å². The molecule has 0 saturated carbocycles. The number of anilines is 2. The number of benzene rings is 1. The van der Waals surface area contributed by atoms with Crippen LogP contribution in [0.15, 0.2) is 61.2 Å². The van der Waals surface area contributed by atoms with E-state index in [1.165, 1.54) is 6.33 Å². The van der Waals surface area contributed by atoms with E-state index in [1.807, 2.05) is 42.5 Å². The fourth-order valence-corrected chi connectivity index (χ4v) is 2.01. The molecule has 2 aromatic heterocycles. The average molecular weight is 278 g/mol. The average Bonchev–Trinajstić information content (AvgIpc) is 2.56. The molecule has 3 aromatic rings. The minimum atomic E-state index is 0.707. The zero-order valence-electron chi connectivity index (χ0n) is 11.5. The maximum Gasteiger partial charge on any atom is 0.134 e. The summed E-state index contributed by atoms with van der Waals surface area (Å²) < 4.78 is 5.37. The van der Waals surface area contributed by atoms with Crippen LogP contribution in [-0.2, 0) is 0 Å². The standard InChI is InChI=1S/C16H14N4O/c1-21-15-7-3-2-6-13(15)14-9-16(19-11-18-14)20-12-5-4-8-17-10-12/h2-11H,1H3,(H,18,19,20). The maximum atomic E-state index is 5.37. The molecular weight excluding hydrogens is 264 g/mol. The zero-order chi connectivity index (χ0) is 14.5. The highest BCUT2D eigenvalue weighted by molar-refractivity contribution is 5.70. The summed E-state index contributed by atoms with van der Waals surface area (Å²) in [6.07, 6.45) is 5.00. The molecule has 0 aliphatic heterocycles. The Morgan fingerprint density at radius 3 is 2.76 bits per heavy atom. The second-order valence-corrected chi connectivity index (χ2v) is 4.36. The van der Waals surface area contributed by atoms with Gasteiger partial charge in [-0.05, 0) is 24.3 Å². The second-order valence-electron chi connectivity index (χ2n) is 4.36. The Morgan fingerprint density at radius 1 is 1.05 bits per heavy atom. The van der Waals surface area contributed by atoms with E-state index in [4.69, 9.17) is 4.74 Å². The van der Waals surface area contributed by atoms with Gasteiger partial charge in [-0.3, -0.25) is 4.98 Å². The van der Waals surface area contributed by atoms with Crippen LogP contribution >= 0.6 is 0 Å². The van der Waals surface area contributed by atoms with Crippen molar-refractivity contribution in [3.8, 4) is 17.0 Å². The lowest BCUT2D eigenvalue weighted by Gasteiger charge is -2.09. The van der Waals surface area contributed by atoms with Crippen LogP contribution in [-0.4, -0.2) is 22.1 Å². The third-order valence-electron chi connectivity index (χ3n) is 2.98. The Morgan fingerprint density at radius 2 is 1.95 bits per heavy atom. The molecule has 0 radical (unpaired) electrons. The minimum absolute atomic E-state index is 0.707. The number of nitrogens with zero attached hydrogens (tertiary/aromatic N) is 3. The van der Waals surface area contributed by atoms with Crippen LogP contribution in [0.5, 0.6) is 5.75 Å².